The van der Waals surface area contributed by atoms with Gasteiger partial charge in [0, 0.05) is 0 Å². The van der Waals surface area contributed by atoms with E-state index in [9.17, 15) is 14.4 Å². The molecule has 0 bridgehead atoms. The molecule has 2 amide bonds. The van der Waals surface area contributed by atoms with Crippen LogP contribution >= 0.6 is 35.7 Å². The number of likely N-dealkylation sites (tertiary alicyclic amines) is 1. The van der Waals surface area contributed by atoms with Crippen LogP contribution < -0.4 is 0 Å². The highest BCUT2D eigenvalue weighted by atomic mass is 32.2. The molecule has 10 heteroatoms. The lowest BCUT2D eigenvalue weighted by atomic mass is 9.92. The average molecular weight is 464 g/mol. The fraction of sp³-hybridized carbons (Fsp3) is 0.667. The molecule has 0 aromatic rings. The van der Waals surface area contributed by atoms with Crippen LogP contribution in [0.15, 0.2) is 12.7 Å². The van der Waals surface area contributed by atoms with Crippen molar-refractivity contribution in [3.8, 4) is 0 Å². The largest absolute Gasteiger partial charge is 0.454 e. The van der Waals surface area contributed by atoms with Crippen molar-refractivity contribution in [3.05, 3.63) is 12.7 Å². The Labute approximate surface area is 182 Å². The number of rotatable bonds is 6. The third-order valence-corrected chi connectivity index (χ3v) is 12.4. The quantitative estimate of drug-likeness (QED) is 0.147. The number of amides is 2. The molecular weight excluding hydrogens is 434 g/mol. The van der Waals surface area contributed by atoms with Gasteiger partial charge < -0.3 is 9.16 Å². The summed E-state index contributed by atoms with van der Waals surface area (Å²) in [6, 6.07) is 0. The van der Waals surface area contributed by atoms with Gasteiger partial charge in [-0.2, -0.15) is 0 Å². The summed E-state index contributed by atoms with van der Waals surface area (Å²) in [7, 11) is -2.11. The summed E-state index contributed by atoms with van der Waals surface area (Å²) in [4.78, 5) is 38.1. The molecule has 0 unspecified atom stereocenters. The predicted octanol–water partition coefficient (Wildman–Crippen LogP) is 3.82. The molecule has 1 aliphatic rings. The molecule has 0 radical (unpaired) electrons. The number of ether oxygens (including phenoxy) is 1. The van der Waals surface area contributed by atoms with Crippen molar-refractivity contribution in [3.63, 3.8) is 0 Å². The number of imide groups is 1. The van der Waals surface area contributed by atoms with Crippen molar-refractivity contribution < 1.29 is 23.5 Å². The van der Waals surface area contributed by atoms with Gasteiger partial charge in [-0.3, -0.25) is 14.5 Å². The summed E-state index contributed by atoms with van der Waals surface area (Å²) in [5.74, 6) is -3.05. The van der Waals surface area contributed by atoms with Crippen LogP contribution in [0.2, 0.25) is 18.1 Å². The minimum atomic E-state index is -2.11. The van der Waals surface area contributed by atoms with E-state index in [-0.39, 0.29) is 11.6 Å². The maximum atomic E-state index is 12.8. The molecule has 1 heterocycles. The van der Waals surface area contributed by atoms with Crippen molar-refractivity contribution in [1.82, 2.24) is 4.90 Å². The molecule has 0 aromatic carbocycles. The maximum absolute atomic E-state index is 12.8. The van der Waals surface area contributed by atoms with E-state index < -0.39 is 43.5 Å². The summed E-state index contributed by atoms with van der Waals surface area (Å²) in [5.41, 5.74) is 0. The monoisotopic (exact) mass is 463 g/mol. The van der Waals surface area contributed by atoms with Crippen LogP contribution in [0.5, 0.6) is 0 Å². The van der Waals surface area contributed by atoms with Crippen LogP contribution in [0.25, 0.3) is 0 Å². The highest BCUT2D eigenvalue weighted by Crippen LogP contribution is 2.44. The lowest BCUT2D eigenvalue weighted by Gasteiger charge is -2.49. The predicted molar refractivity (Wildman–Crippen MR) is 122 cm³/mol. The summed E-state index contributed by atoms with van der Waals surface area (Å²) in [6.45, 7) is 15.8. The van der Waals surface area contributed by atoms with E-state index in [1.807, 2.05) is 13.2 Å². The Morgan fingerprint density at radius 1 is 1.39 bits per heavy atom. The van der Waals surface area contributed by atoms with Crippen molar-refractivity contribution in [2.75, 3.05) is 12.9 Å². The van der Waals surface area contributed by atoms with Crippen LogP contribution in [-0.2, 0) is 23.5 Å². The number of nitrogens with zero attached hydrogens (tertiary/aromatic N) is 1. The molecule has 1 saturated heterocycles. The van der Waals surface area contributed by atoms with Crippen LogP contribution in [-0.4, -0.2) is 58.9 Å². The topological polar surface area (TPSA) is 72.9 Å². The van der Waals surface area contributed by atoms with Gasteiger partial charge in [0.15, 0.2) is 8.32 Å². The number of hydrogen-bond donors (Lipinski definition) is 0. The first kappa shape index (κ1) is 25.4. The Balaban J connectivity index is 3.04. The SMILES string of the molecule is C=CCOC(=O)C(=O)N1C(=O)[C@H]([C@@H](C)O[Si](C)(C)C(C)(C)C)[C@H]1SC(=S)SC. The lowest BCUT2D eigenvalue weighted by molar-refractivity contribution is -0.174. The Bertz CT molecular complexity index is 662. The molecule has 6 nitrogen and oxygen atoms in total. The second-order valence-electron chi connectivity index (χ2n) is 7.97. The normalized spacial score (nSPS) is 21.0. The van der Waals surface area contributed by atoms with Gasteiger partial charge in [0.2, 0.25) is 5.91 Å². The van der Waals surface area contributed by atoms with Crippen LogP contribution in [0.1, 0.15) is 27.7 Å². The van der Waals surface area contributed by atoms with Crippen LogP contribution in [0.4, 0.5) is 0 Å². The zero-order valence-corrected chi connectivity index (χ0v) is 20.9. The zero-order chi connectivity index (χ0) is 21.9. The van der Waals surface area contributed by atoms with Gasteiger partial charge in [0.25, 0.3) is 0 Å². The number of thioether (sulfide) groups is 2. The fourth-order valence-electron chi connectivity index (χ4n) is 2.42. The average Bonchev–Trinajstić information content (AvgIpc) is 2.57. The molecule has 1 fully saturated rings. The standard InChI is InChI=1S/C18H29NO5S3Si/c1-9-10-23-16(22)14(21)19-13(20)12(15(19)27-17(25)26-6)11(2)24-28(7,8)18(3,4)5/h9,11-12,15H,1,10H2,2-8H3/t11-,12+,15-/m1/s1. The molecule has 0 saturated carbocycles. The minimum Gasteiger partial charge on any atom is -0.454 e. The fourth-order valence-corrected chi connectivity index (χ4v) is 5.81. The van der Waals surface area contributed by atoms with E-state index in [2.05, 4.69) is 40.4 Å². The second kappa shape index (κ2) is 9.88. The minimum absolute atomic E-state index is 0.0186. The molecule has 158 valence electrons. The van der Waals surface area contributed by atoms with E-state index >= 15 is 0 Å². The van der Waals surface area contributed by atoms with Gasteiger partial charge in [-0.25, -0.2) is 4.79 Å². The highest BCUT2D eigenvalue weighted by Gasteiger charge is 2.57. The first-order valence-electron chi connectivity index (χ1n) is 8.86. The smallest absolute Gasteiger partial charge is 0.397 e. The van der Waals surface area contributed by atoms with Crippen molar-refractivity contribution in [2.45, 2.75) is 57.3 Å². The Hall–Kier alpha value is -0.683. The van der Waals surface area contributed by atoms with Crippen LogP contribution in [0, 0.1) is 5.92 Å². The van der Waals surface area contributed by atoms with E-state index in [4.69, 9.17) is 21.4 Å². The number of β-lactam (4-membered cyclic amide) rings is 1. The first-order chi connectivity index (χ1) is 12.8. The van der Waals surface area contributed by atoms with Gasteiger partial charge in [-0.05, 0) is 31.3 Å². The van der Waals surface area contributed by atoms with E-state index in [0.717, 1.165) is 4.90 Å². The molecule has 1 rings (SSSR count). The summed E-state index contributed by atoms with van der Waals surface area (Å²) < 4.78 is 11.7. The van der Waals surface area contributed by atoms with E-state index in [0.29, 0.717) is 3.53 Å². The van der Waals surface area contributed by atoms with Crippen LogP contribution in [0.3, 0.4) is 0 Å². The van der Waals surface area contributed by atoms with E-state index in [1.165, 1.54) is 29.6 Å². The summed E-state index contributed by atoms with van der Waals surface area (Å²) in [6.07, 6.45) is 2.78. The van der Waals surface area contributed by atoms with Crippen molar-refractivity contribution in [1.29, 1.82) is 0 Å². The highest BCUT2D eigenvalue weighted by molar-refractivity contribution is 8.47. The second-order valence-corrected chi connectivity index (χ2v) is 15.9. The number of esters is 1. The Kier molecular flexibility index (Phi) is 8.95. The molecule has 1 aliphatic heterocycles. The molecule has 0 N–H and O–H groups in total. The molecule has 0 aliphatic carbocycles. The zero-order valence-electron chi connectivity index (χ0n) is 17.4. The molecular formula is C18H29NO5S3Si. The third kappa shape index (κ3) is 5.68. The number of thiocarbonyl (C=S) groups is 1. The van der Waals surface area contributed by atoms with E-state index in [1.54, 1.807) is 0 Å². The summed E-state index contributed by atoms with van der Waals surface area (Å²) >= 11 is 7.85. The number of hydrogen-bond acceptors (Lipinski definition) is 8. The number of carbonyl (C=O) groups is 3. The maximum Gasteiger partial charge on any atom is 0.397 e. The van der Waals surface area contributed by atoms with Gasteiger partial charge in [-0.1, -0.05) is 57.4 Å². The number of carbonyl (C=O) groups excluding carboxylic acids is 3. The van der Waals surface area contributed by atoms with Crippen molar-refractivity contribution >= 4 is 65.4 Å². The van der Waals surface area contributed by atoms with Gasteiger partial charge in [-0.15, -0.1) is 11.8 Å². The first-order valence-corrected chi connectivity index (χ1v) is 14.3. The van der Waals surface area contributed by atoms with Gasteiger partial charge in [0.1, 0.15) is 15.5 Å². The Morgan fingerprint density at radius 3 is 2.43 bits per heavy atom. The Morgan fingerprint density at radius 2 is 1.96 bits per heavy atom. The molecule has 28 heavy (non-hydrogen) atoms. The summed E-state index contributed by atoms with van der Waals surface area (Å²) in [5, 5.41) is -0.606. The third-order valence-electron chi connectivity index (χ3n) is 4.99. The molecule has 3 atom stereocenters. The van der Waals surface area contributed by atoms with Gasteiger partial charge >= 0.3 is 11.9 Å². The van der Waals surface area contributed by atoms with Crippen molar-refractivity contribution in [2.24, 2.45) is 5.92 Å². The molecule has 0 spiro atoms. The van der Waals surface area contributed by atoms with Gasteiger partial charge in [0.05, 0.1) is 12.0 Å². The molecule has 0 aromatic heterocycles. The lowest BCUT2D eigenvalue weighted by Crippen LogP contribution is -2.67.